The van der Waals surface area contributed by atoms with E-state index in [0.717, 1.165) is 24.7 Å². The fourth-order valence-corrected chi connectivity index (χ4v) is 6.23. The molecule has 22 heavy (non-hydrogen) atoms. The van der Waals surface area contributed by atoms with Crippen LogP contribution in [0.25, 0.3) is 0 Å². The Morgan fingerprint density at radius 2 is 1.91 bits per heavy atom. The highest BCUT2D eigenvalue weighted by atomic mass is 16.4. The van der Waals surface area contributed by atoms with Crippen molar-refractivity contribution >= 4 is 11.8 Å². The molecular formula is C19H30O3. The second-order valence-electron chi connectivity index (χ2n) is 8.67. The Kier molecular flexibility index (Phi) is 3.89. The average Bonchev–Trinajstić information content (AvgIpc) is 2.77. The normalized spacial score (nSPS) is 47.9. The minimum atomic E-state index is -0.772. The molecule has 3 heteroatoms. The molecule has 3 aliphatic rings. The summed E-state index contributed by atoms with van der Waals surface area (Å²) in [5.41, 5.74) is 0.0593. The summed E-state index contributed by atoms with van der Waals surface area (Å²) in [7, 11) is 0. The zero-order valence-corrected chi connectivity index (χ0v) is 14.2. The van der Waals surface area contributed by atoms with Gasteiger partial charge in [0.25, 0.3) is 0 Å². The summed E-state index contributed by atoms with van der Waals surface area (Å²) in [6.07, 6.45) is 7.33. The number of Topliss-reactive ketones (excluding diaryl/α,β-unsaturated/α-hetero) is 1. The molecule has 0 saturated heterocycles. The van der Waals surface area contributed by atoms with Crippen molar-refractivity contribution in [1.29, 1.82) is 0 Å². The molecule has 3 rings (SSSR count). The lowest BCUT2D eigenvalue weighted by Crippen LogP contribution is -2.52. The van der Waals surface area contributed by atoms with E-state index < -0.39 is 11.4 Å². The van der Waals surface area contributed by atoms with Crippen molar-refractivity contribution in [1.82, 2.24) is 0 Å². The molecule has 124 valence electrons. The van der Waals surface area contributed by atoms with Crippen LogP contribution in [0.3, 0.4) is 0 Å². The molecule has 0 radical (unpaired) electrons. The van der Waals surface area contributed by atoms with Gasteiger partial charge in [0.15, 0.2) is 0 Å². The quantitative estimate of drug-likeness (QED) is 0.845. The topological polar surface area (TPSA) is 54.4 Å². The number of hydrogen-bond donors (Lipinski definition) is 1. The van der Waals surface area contributed by atoms with Crippen molar-refractivity contribution in [2.24, 2.45) is 34.5 Å². The van der Waals surface area contributed by atoms with Crippen molar-refractivity contribution in [3.8, 4) is 0 Å². The first-order valence-electron chi connectivity index (χ1n) is 9.04. The third-order valence-electron chi connectivity index (χ3n) is 7.93. The Balaban J connectivity index is 1.86. The molecule has 3 saturated carbocycles. The maximum Gasteiger partial charge on any atom is 0.303 e. The summed E-state index contributed by atoms with van der Waals surface area (Å²) in [5, 5.41) is 9.06. The zero-order chi connectivity index (χ0) is 16.1. The number of carbonyl (C=O) groups is 2. The fourth-order valence-electron chi connectivity index (χ4n) is 6.23. The first-order valence-corrected chi connectivity index (χ1v) is 9.04. The fraction of sp³-hybridized carbons (Fsp3) is 0.895. The van der Waals surface area contributed by atoms with Gasteiger partial charge in [0.05, 0.1) is 0 Å². The Morgan fingerprint density at radius 3 is 2.59 bits per heavy atom. The van der Waals surface area contributed by atoms with Crippen molar-refractivity contribution in [3.63, 3.8) is 0 Å². The minimum Gasteiger partial charge on any atom is -0.481 e. The Bertz CT molecular complexity index is 485. The molecule has 0 amide bonds. The van der Waals surface area contributed by atoms with Crippen molar-refractivity contribution in [2.75, 3.05) is 0 Å². The van der Waals surface area contributed by atoms with E-state index in [1.165, 1.54) is 19.3 Å². The number of carbonyl (C=O) groups excluding carboxylic acids is 1. The summed E-state index contributed by atoms with van der Waals surface area (Å²) >= 11 is 0. The number of ketones is 1. The van der Waals surface area contributed by atoms with Gasteiger partial charge < -0.3 is 5.11 Å². The van der Waals surface area contributed by atoms with E-state index in [0.29, 0.717) is 35.9 Å². The summed E-state index contributed by atoms with van der Waals surface area (Å²) in [4.78, 5) is 23.6. The van der Waals surface area contributed by atoms with Crippen molar-refractivity contribution < 1.29 is 14.7 Å². The van der Waals surface area contributed by atoms with Crippen LogP contribution >= 0.6 is 0 Å². The predicted octanol–water partition coefficient (Wildman–Crippen LogP) is 4.30. The molecule has 0 spiro atoms. The number of aliphatic carboxylic acids is 1. The summed E-state index contributed by atoms with van der Waals surface area (Å²) in [6.45, 7) is 6.94. The lowest BCUT2D eigenvalue weighted by atomic mass is 9.48. The number of fused-ring (bicyclic) bond motifs is 3. The van der Waals surface area contributed by atoms with Gasteiger partial charge in [-0.2, -0.15) is 0 Å². The van der Waals surface area contributed by atoms with Gasteiger partial charge in [-0.05, 0) is 67.6 Å². The van der Waals surface area contributed by atoms with Gasteiger partial charge >= 0.3 is 5.97 Å². The average molecular weight is 306 g/mol. The molecule has 3 nitrogen and oxygen atoms in total. The third kappa shape index (κ3) is 2.23. The number of rotatable bonds is 3. The van der Waals surface area contributed by atoms with Crippen LogP contribution in [0, 0.1) is 34.5 Å². The maximum atomic E-state index is 12.6. The number of carboxylic acids is 1. The van der Waals surface area contributed by atoms with E-state index in [1.54, 1.807) is 0 Å². The van der Waals surface area contributed by atoms with Crippen LogP contribution in [0.1, 0.15) is 72.1 Å². The summed E-state index contributed by atoms with van der Waals surface area (Å²) in [6, 6.07) is 0. The lowest BCUT2D eigenvalue weighted by molar-refractivity contribution is -0.148. The molecule has 6 atom stereocenters. The van der Waals surface area contributed by atoms with Crippen LogP contribution < -0.4 is 0 Å². The highest BCUT2D eigenvalue weighted by Crippen LogP contribution is 2.64. The summed E-state index contributed by atoms with van der Waals surface area (Å²) < 4.78 is 0. The highest BCUT2D eigenvalue weighted by Gasteiger charge is 2.58. The van der Waals surface area contributed by atoms with Crippen LogP contribution in [0.4, 0.5) is 0 Å². The zero-order valence-electron chi connectivity index (χ0n) is 14.2. The highest BCUT2D eigenvalue weighted by molar-refractivity contribution is 5.86. The number of carboxylic acid groups (broad SMARTS) is 1. The van der Waals surface area contributed by atoms with Gasteiger partial charge in [-0.1, -0.05) is 20.8 Å². The van der Waals surface area contributed by atoms with Gasteiger partial charge in [-0.3, -0.25) is 9.59 Å². The van der Waals surface area contributed by atoms with Gasteiger partial charge in [-0.15, -0.1) is 0 Å². The van der Waals surface area contributed by atoms with Crippen LogP contribution in [0.15, 0.2) is 0 Å². The Hall–Kier alpha value is -0.860. The molecule has 3 aliphatic carbocycles. The monoisotopic (exact) mass is 306 g/mol. The molecule has 0 aromatic heterocycles. The Labute approximate surface area is 133 Å². The first-order chi connectivity index (χ1) is 10.3. The van der Waals surface area contributed by atoms with Gasteiger partial charge in [0, 0.05) is 18.3 Å². The SMILES string of the molecule is C[C@H]1CCC2C3CCC(=O)[C@](C)(CCC(=O)O)C3CC[C@@]21C. The first kappa shape index (κ1) is 16.0. The van der Waals surface area contributed by atoms with Gasteiger partial charge in [0.1, 0.15) is 5.78 Å². The molecule has 0 heterocycles. The predicted molar refractivity (Wildman–Crippen MR) is 85.4 cm³/mol. The van der Waals surface area contributed by atoms with E-state index >= 15 is 0 Å². The Morgan fingerprint density at radius 1 is 1.18 bits per heavy atom. The van der Waals surface area contributed by atoms with Gasteiger partial charge in [-0.25, -0.2) is 0 Å². The molecule has 0 bridgehead atoms. The van der Waals surface area contributed by atoms with Gasteiger partial charge in [0.2, 0.25) is 0 Å². The van der Waals surface area contributed by atoms with Crippen molar-refractivity contribution in [3.05, 3.63) is 0 Å². The molecule has 1 N–H and O–H groups in total. The van der Waals surface area contributed by atoms with Crippen molar-refractivity contribution in [2.45, 2.75) is 72.1 Å². The van der Waals surface area contributed by atoms with Crippen LogP contribution in [-0.2, 0) is 9.59 Å². The molecule has 3 unspecified atom stereocenters. The largest absolute Gasteiger partial charge is 0.481 e. The van der Waals surface area contributed by atoms with E-state index in [2.05, 4.69) is 20.8 Å². The van der Waals surface area contributed by atoms with Crippen LogP contribution in [0.5, 0.6) is 0 Å². The summed E-state index contributed by atoms with van der Waals surface area (Å²) in [5.74, 6) is 2.15. The smallest absolute Gasteiger partial charge is 0.303 e. The second kappa shape index (κ2) is 5.35. The standard InChI is InChI=1S/C19H30O3/c1-12-4-6-14-13-5-7-16(20)19(3,11-9-17(21)22)15(13)8-10-18(12,14)2/h12-15H,4-11H2,1-3H3,(H,21,22)/t12-,13?,14?,15?,18+,19+/m0/s1. The number of hydrogen-bond acceptors (Lipinski definition) is 2. The lowest BCUT2D eigenvalue weighted by Gasteiger charge is -2.55. The van der Waals surface area contributed by atoms with E-state index in [1.807, 2.05) is 0 Å². The molecule has 0 aliphatic heterocycles. The van der Waals surface area contributed by atoms with Crippen LogP contribution in [0.2, 0.25) is 0 Å². The third-order valence-corrected chi connectivity index (χ3v) is 7.93. The minimum absolute atomic E-state index is 0.129. The van der Waals surface area contributed by atoms with Crippen LogP contribution in [-0.4, -0.2) is 16.9 Å². The molecule has 0 aromatic rings. The molecule has 3 fully saturated rings. The van der Waals surface area contributed by atoms with E-state index in [4.69, 9.17) is 5.11 Å². The molecular weight excluding hydrogens is 276 g/mol. The molecule has 0 aromatic carbocycles. The maximum absolute atomic E-state index is 12.6. The van der Waals surface area contributed by atoms with E-state index in [-0.39, 0.29) is 6.42 Å². The van der Waals surface area contributed by atoms with E-state index in [9.17, 15) is 9.59 Å². The second-order valence-corrected chi connectivity index (χ2v) is 8.67.